The van der Waals surface area contributed by atoms with Crippen LogP contribution in [0.2, 0.25) is 0 Å². The van der Waals surface area contributed by atoms with Gasteiger partial charge in [0.1, 0.15) is 0 Å². The smallest absolute Gasteiger partial charge is 0.280 e. The van der Waals surface area contributed by atoms with E-state index in [2.05, 4.69) is 32.8 Å². The Balaban J connectivity index is 1.46. The lowest BCUT2D eigenvalue weighted by molar-refractivity contribution is -0.387. The van der Waals surface area contributed by atoms with Gasteiger partial charge < -0.3 is 14.9 Å². The third kappa shape index (κ3) is 4.52. The Hall–Kier alpha value is -0.860. The summed E-state index contributed by atoms with van der Waals surface area (Å²) >= 11 is 0. The minimum atomic E-state index is -2.22. The Morgan fingerprint density at radius 3 is 2.68 bits per heavy atom. The average Bonchev–Trinajstić information content (AvgIpc) is 3.10. The first-order chi connectivity index (χ1) is 16.1. The molecule has 192 valence electrons. The highest BCUT2D eigenvalue weighted by Crippen LogP contribution is 2.70. The van der Waals surface area contributed by atoms with Crippen molar-refractivity contribution >= 4 is 0 Å². The van der Waals surface area contributed by atoms with E-state index in [4.69, 9.17) is 15.9 Å². The Morgan fingerprint density at radius 1 is 1.18 bits per heavy atom. The molecule has 0 aromatic heterocycles. The van der Waals surface area contributed by atoms with Crippen LogP contribution in [0, 0.1) is 46.3 Å². The van der Waals surface area contributed by atoms with Crippen molar-refractivity contribution in [2.45, 2.75) is 123 Å². The van der Waals surface area contributed by atoms with Crippen molar-refractivity contribution in [3.63, 3.8) is 0 Å². The molecule has 3 saturated carbocycles. The number of hydrogen-bond acceptors (Lipinski definition) is 4. The highest BCUT2D eigenvalue weighted by atomic mass is 16.8. The third-order valence-corrected chi connectivity index (χ3v) is 10.7. The zero-order valence-electron chi connectivity index (χ0n) is 22.1. The molecule has 7 atom stereocenters. The largest absolute Gasteiger partial charge is 0.353 e. The molecular formula is C30H48O4. The van der Waals surface area contributed by atoms with Crippen molar-refractivity contribution in [2.75, 3.05) is 6.61 Å². The molecular weight excluding hydrogens is 424 g/mol. The second-order valence-corrected chi connectivity index (χ2v) is 12.3. The zero-order valence-corrected chi connectivity index (χ0v) is 22.1. The standard InChI is InChI=1S/C30H48O4/c1-6-8-21-33-22(3)34-30(31,32)20-19-29(7-2)18-15-26-24-13-12-23-11-9-10-16-27(23,4)25(24)14-17-28(26,29)5/h2,12,22,24-26,31-32H,6,8-11,13-21H2,1,3-5H3/t22?,24-,25-,26+,27+,28+,29?/m1/s1. The van der Waals surface area contributed by atoms with Gasteiger partial charge in [-0.1, -0.05) is 51.2 Å². The lowest BCUT2D eigenvalue weighted by atomic mass is 9.45. The van der Waals surface area contributed by atoms with Crippen LogP contribution in [-0.2, 0) is 9.47 Å². The van der Waals surface area contributed by atoms with E-state index in [0.29, 0.717) is 30.3 Å². The van der Waals surface area contributed by atoms with Gasteiger partial charge in [-0.3, -0.25) is 4.74 Å². The molecule has 0 radical (unpaired) electrons. The van der Waals surface area contributed by atoms with Gasteiger partial charge in [-0.05, 0) is 99.7 Å². The van der Waals surface area contributed by atoms with Crippen LogP contribution >= 0.6 is 0 Å². The van der Waals surface area contributed by atoms with Gasteiger partial charge in [0.2, 0.25) is 0 Å². The van der Waals surface area contributed by atoms with Gasteiger partial charge in [0.25, 0.3) is 5.97 Å². The summed E-state index contributed by atoms with van der Waals surface area (Å²) in [4.78, 5) is 0. The molecule has 4 aliphatic carbocycles. The second kappa shape index (κ2) is 9.89. The van der Waals surface area contributed by atoms with E-state index < -0.39 is 12.3 Å². The number of fused-ring (bicyclic) bond motifs is 5. The molecule has 0 spiro atoms. The predicted octanol–water partition coefficient (Wildman–Crippen LogP) is 6.56. The van der Waals surface area contributed by atoms with Crippen molar-refractivity contribution in [1.29, 1.82) is 0 Å². The fourth-order valence-corrected chi connectivity index (χ4v) is 8.68. The molecule has 2 N–H and O–H groups in total. The minimum Gasteiger partial charge on any atom is -0.353 e. The van der Waals surface area contributed by atoms with E-state index in [9.17, 15) is 10.2 Å². The Labute approximate surface area is 207 Å². The SMILES string of the molecule is C#CC1(CCC(O)(O)OC(C)OCCCC)CC[C@H]2[C@@H]3CC=C4CCCC[C@]4(C)[C@@H]3CC[C@@]21C. The monoisotopic (exact) mass is 472 g/mol. The first-order valence-electron chi connectivity index (χ1n) is 14.0. The maximum Gasteiger partial charge on any atom is 0.280 e. The summed E-state index contributed by atoms with van der Waals surface area (Å²) in [6.45, 7) is 9.33. The summed E-state index contributed by atoms with van der Waals surface area (Å²) in [6.07, 6.45) is 21.9. The number of aliphatic hydroxyl groups is 2. The summed E-state index contributed by atoms with van der Waals surface area (Å²) < 4.78 is 11.0. The number of hydrogen-bond donors (Lipinski definition) is 2. The molecule has 34 heavy (non-hydrogen) atoms. The van der Waals surface area contributed by atoms with E-state index in [1.54, 1.807) is 12.5 Å². The fourth-order valence-electron chi connectivity index (χ4n) is 8.68. The lowest BCUT2D eigenvalue weighted by Crippen LogP contribution is -2.52. The number of unbranched alkanes of at least 4 members (excludes halogenated alkanes) is 1. The topological polar surface area (TPSA) is 58.9 Å². The molecule has 0 heterocycles. The number of ether oxygens (including phenoxy) is 2. The van der Waals surface area contributed by atoms with E-state index in [1.807, 2.05) is 0 Å². The van der Waals surface area contributed by atoms with Crippen molar-refractivity contribution < 1.29 is 19.7 Å². The van der Waals surface area contributed by atoms with Crippen LogP contribution < -0.4 is 0 Å². The van der Waals surface area contributed by atoms with Crippen molar-refractivity contribution in [1.82, 2.24) is 0 Å². The summed E-state index contributed by atoms with van der Waals surface area (Å²) in [5.41, 5.74) is 1.85. The third-order valence-electron chi connectivity index (χ3n) is 10.7. The van der Waals surface area contributed by atoms with Gasteiger partial charge in [-0.2, -0.15) is 0 Å². The molecule has 0 aromatic carbocycles. The van der Waals surface area contributed by atoms with E-state index in [-0.39, 0.29) is 17.3 Å². The van der Waals surface area contributed by atoms with Crippen LogP contribution in [0.4, 0.5) is 0 Å². The normalized spacial score (nSPS) is 40.5. The molecule has 0 bridgehead atoms. The minimum absolute atomic E-state index is 0.0403. The van der Waals surface area contributed by atoms with Gasteiger partial charge in [0, 0.05) is 18.4 Å². The molecule has 0 amide bonds. The van der Waals surface area contributed by atoms with Crippen LogP contribution in [0.15, 0.2) is 11.6 Å². The Morgan fingerprint density at radius 2 is 1.94 bits per heavy atom. The van der Waals surface area contributed by atoms with Crippen molar-refractivity contribution in [3.05, 3.63) is 11.6 Å². The lowest BCUT2D eigenvalue weighted by Gasteiger charge is -2.59. The van der Waals surface area contributed by atoms with Crippen LogP contribution in [0.3, 0.4) is 0 Å². The number of rotatable bonds is 9. The molecule has 4 aliphatic rings. The molecule has 0 aromatic rings. The predicted molar refractivity (Wildman–Crippen MR) is 135 cm³/mol. The molecule has 0 aliphatic heterocycles. The van der Waals surface area contributed by atoms with Gasteiger partial charge in [-0.15, -0.1) is 6.42 Å². The first kappa shape index (κ1) is 26.2. The summed E-state index contributed by atoms with van der Waals surface area (Å²) in [5.74, 6) is 3.09. The molecule has 4 heteroatoms. The Kier molecular flexibility index (Phi) is 7.62. The molecule has 4 nitrogen and oxygen atoms in total. The highest BCUT2D eigenvalue weighted by Gasteiger charge is 2.63. The van der Waals surface area contributed by atoms with E-state index >= 15 is 0 Å². The van der Waals surface area contributed by atoms with Crippen molar-refractivity contribution in [2.24, 2.45) is 34.0 Å². The maximum atomic E-state index is 10.6. The molecule has 0 saturated heterocycles. The molecule has 3 fully saturated rings. The van der Waals surface area contributed by atoms with Crippen LogP contribution in [0.1, 0.15) is 111 Å². The first-order valence-corrected chi connectivity index (χ1v) is 14.0. The Bertz CT molecular complexity index is 796. The average molecular weight is 473 g/mol. The summed E-state index contributed by atoms with van der Waals surface area (Å²) in [7, 11) is 0. The van der Waals surface area contributed by atoms with Gasteiger partial charge >= 0.3 is 0 Å². The van der Waals surface area contributed by atoms with E-state index in [1.165, 1.54) is 38.5 Å². The quantitative estimate of drug-likeness (QED) is 0.173. The molecule has 4 rings (SSSR count). The fraction of sp³-hybridized carbons (Fsp3) is 0.867. The van der Waals surface area contributed by atoms with E-state index in [0.717, 1.165) is 38.0 Å². The van der Waals surface area contributed by atoms with Gasteiger partial charge in [0.05, 0.1) is 0 Å². The molecule has 2 unspecified atom stereocenters. The summed E-state index contributed by atoms with van der Waals surface area (Å²) in [6, 6.07) is 0. The number of allylic oxidation sites excluding steroid dienone is 2. The summed E-state index contributed by atoms with van der Waals surface area (Å²) in [5, 5.41) is 21.2. The number of terminal acetylenes is 1. The van der Waals surface area contributed by atoms with Crippen LogP contribution in [0.25, 0.3) is 0 Å². The highest BCUT2D eigenvalue weighted by molar-refractivity contribution is 5.27. The maximum absolute atomic E-state index is 10.6. The van der Waals surface area contributed by atoms with Crippen molar-refractivity contribution in [3.8, 4) is 12.3 Å². The van der Waals surface area contributed by atoms with Crippen LogP contribution in [0.5, 0.6) is 0 Å². The van der Waals surface area contributed by atoms with Crippen LogP contribution in [-0.4, -0.2) is 29.1 Å². The second-order valence-electron chi connectivity index (χ2n) is 12.3. The zero-order chi connectivity index (χ0) is 24.6. The van der Waals surface area contributed by atoms with Gasteiger partial charge in [-0.25, -0.2) is 0 Å². The van der Waals surface area contributed by atoms with Gasteiger partial charge in [0.15, 0.2) is 6.29 Å².